The molecule has 1 aliphatic carbocycles. The van der Waals surface area contributed by atoms with Crippen molar-refractivity contribution in [3.8, 4) is 0 Å². The molecule has 1 aliphatic heterocycles. The molecule has 0 radical (unpaired) electrons. The Bertz CT molecular complexity index is 576. The molecule has 2 aliphatic rings. The molecule has 100 valence electrons. The van der Waals surface area contributed by atoms with Gasteiger partial charge in [-0.15, -0.1) is 0 Å². The third-order valence-corrected chi connectivity index (χ3v) is 5.67. The van der Waals surface area contributed by atoms with E-state index in [1.807, 2.05) is 11.5 Å². The third-order valence-electron chi connectivity index (χ3n) is 3.97. The number of rotatable bonds is 1. The summed E-state index contributed by atoms with van der Waals surface area (Å²) in [4.78, 5) is 4.53. The van der Waals surface area contributed by atoms with Gasteiger partial charge < -0.3 is 9.67 Å². The predicted molar refractivity (Wildman–Crippen MR) is 67.3 cm³/mol. The van der Waals surface area contributed by atoms with Crippen molar-refractivity contribution in [1.82, 2.24) is 9.55 Å². The maximum absolute atomic E-state index is 11.6. The van der Waals surface area contributed by atoms with Gasteiger partial charge in [-0.1, -0.05) is 0 Å². The molecule has 0 saturated carbocycles. The molecule has 18 heavy (non-hydrogen) atoms. The minimum Gasteiger partial charge on any atom is -0.390 e. The molecular weight excluding hydrogens is 252 g/mol. The van der Waals surface area contributed by atoms with E-state index in [1.54, 1.807) is 0 Å². The van der Waals surface area contributed by atoms with Crippen molar-refractivity contribution in [2.75, 3.05) is 11.5 Å². The van der Waals surface area contributed by atoms with Gasteiger partial charge in [0.1, 0.15) is 5.82 Å². The first-order valence-electron chi connectivity index (χ1n) is 6.43. The minimum absolute atomic E-state index is 0.0395. The molecule has 5 nitrogen and oxygen atoms in total. The molecule has 2 atom stereocenters. The fraction of sp³-hybridized carbons (Fsp3) is 0.750. The Hall–Kier alpha value is -0.880. The molecule has 0 amide bonds. The monoisotopic (exact) mass is 270 g/mol. The van der Waals surface area contributed by atoms with E-state index in [0.29, 0.717) is 0 Å². The van der Waals surface area contributed by atoms with Crippen LogP contribution in [0.3, 0.4) is 0 Å². The molecular formula is C12H18N2O3S. The van der Waals surface area contributed by atoms with Gasteiger partial charge in [0.05, 0.1) is 29.3 Å². The second-order valence-electron chi connectivity index (χ2n) is 5.34. The van der Waals surface area contributed by atoms with E-state index in [0.717, 1.165) is 42.9 Å². The SMILES string of the molecule is Cc1nc2c(n1C1CS(=O)(=O)CC1O)CCCC2. The molecule has 0 bridgehead atoms. The van der Waals surface area contributed by atoms with Gasteiger partial charge in [0.15, 0.2) is 9.84 Å². The van der Waals surface area contributed by atoms with Gasteiger partial charge in [-0.3, -0.25) is 0 Å². The first kappa shape index (κ1) is 12.2. The Balaban J connectivity index is 2.05. The van der Waals surface area contributed by atoms with Crippen LogP contribution in [0.4, 0.5) is 0 Å². The molecule has 0 spiro atoms. The normalized spacial score (nSPS) is 30.3. The van der Waals surface area contributed by atoms with Crippen LogP contribution in [-0.2, 0) is 22.7 Å². The first-order chi connectivity index (χ1) is 8.48. The zero-order valence-electron chi connectivity index (χ0n) is 10.5. The van der Waals surface area contributed by atoms with E-state index in [1.165, 1.54) is 0 Å². The second kappa shape index (κ2) is 4.06. The third kappa shape index (κ3) is 1.87. The smallest absolute Gasteiger partial charge is 0.155 e. The number of aliphatic hydroxyl groups excluding tert-OH is 1. The van der Waals surface area contributed by atoms with Crippen molar-refractivity contribution in [2.45, 2.75) is 44.8 Å². The maximum Gasteiger partial charge on any atom is 0.155 e. The Labute approximate surface area is 107 Å². The van der Waals surface area contributed by atoms with Crippen LogP contribution in [-0.4, -0.2) is 40.7 Å². The lowest BCUT2D eigenvalue weighted by atomic mass is 10.0. The van der Waals surface area contributed by atoms with Crippen LogP contribution in [0.15, 0.2) is 0 Å². The molecule has 1 aromatic heterocycles. The molecule has 6 heteroatoms. The Morgan fingerprint density at radius 3 is 2.67 bits per heavy atom. The zero-order valence-corrected chi connectivity index (χ0v) is 11.3. The van der Waals surface area contributed by atoms with Gasteiger partial charge in [0.25, 0.3) is 0 Å². The van der Waals surface area contributed by atoms with Crippen LogP contribution in [0.1, 0.15) is 36.1 Å². The number of fused-ring (bicyclic) bond motifs is 1. The number of aryl methyl sites for hydroxylation is 2. The number of sulfone groups is 1. The summed E-state index contributed by atoms with van der Waals surface area (Å²) >= 11 is 0. The molecule has 2 heterocycles. The summed E-state index contributed by atoms with van der Waals surface area (Å²) in [6.45, 7) is 1.90. The van der Waals surface area contributed by atoms with Crippen molar-refractivity contribution in [3.63, 3.8) is 0 Å². The highest BCUT2D eigenvalue weighted by Gasteiger charge is 2.39. The van der Waals surface area contributed by atoms with Crippen LogP contribution in [0, 0.1) is 6.92 Å². The van der Waals surface area contributed by atoms with Crippen LogP contribution >= 0.6 is 0 Å². The summed E-state index contributed by atoms with van der Waals surface area (Å²) in [5, 5.41) is 9.99. The lowest BCUT2D eigenvalue weighted by Gasteiger charge is -2.21. The Kier molecular flexibility index (Phi) is 2.75. The number of imidazole rings is 1. The fourth-order valence-electron chi connectivity index (χ4n) is 3.20. The van der Waals surface area contributed by atoms with Gasteiger partial charge in [0, 0.05) is 5.69 Å². The standard InChI is InChI=1S/C12H18N2O3S/c1-8-13-9-4-2-3-5-10(9)14(8)11-6-18(16,17)7-12(11)15/h11-12,15H,2-7H2,1H3. The van der Waals surface area contributed by atoms with E-state index >= 15 is 0 Å². The van der Waals surface area contributed by atoms with E-state index in [4.69, 9.17) is 0 Å². The van der Waals surface area contributed by atoms with Gasteiger partial charge >= 0.3 is 0 Å². The van der Waals surface area contributed by atoms with Crippen molar-refractivity contribution in [1.29, 1.82) is 0 Å². The minimum atomic E-state index is -3.11. The van der Waals surface area contributed by atoms with Crippen LogP contribution in [0.5, 0.6) is 0 Å². The summed E-state index contributed by atoms with van der Waals surface area (Å²) in [5.41, 5.74) is 2.23. The topological polar surface area (TPSA) is 72.2 Å². The molecule has 1 fully saturated rings. The summed E-state index contributed by atoms with van der Waals surface area (Å²) in [5.74, 6) is 0.755. The quantitative estimate of drug-likeness (QED) is 0.802. The Morgan fingerprint density at radius 1 is 1.28 bits per heavy atom. The largest absolute Gasteiger partial charge is 0.390 e. The molecule has 3 rings (SSSR count). The number of hydrogen-bond donors (Lipinski definition) is 1. The number of aromatic nitrogens is 2. The maximum atomic E-state index is 11.6. The first-order valence-corrected chi connectivity index (χ1v) is 8.25. The lowest BCUT2D eigenvalue weighted by Crippen LogP contribution is -2.25. The van der Waals surface area contributed by atoms with E-state index in [9.17, 15) is 13.5 Å². The van der Waals surface area contributed by atoms with Gasteiger partial charge in [-0.05, 0) is 32.6 Å². The van der Waals surface area contributed by atoms with Crippen molar-refractivity contribution in [2.24, 2.45) is 0 Å². The van der Waals surface area contributed by atoms with E-state index in [2.05, 4.69) is 4.98 Å². The molecule has 1 N–H and O–H groups in total. The number of aliphatic hydroxyl groups is 1. The highest BCUT2D eigenvalue weighted by Crippen LogP contribution is 2.31. The lowest BCUT2D eigenvalue weighted by molar-refractivity contribution is 0.150. The molecule has 1 aromatic rings. The average molecular weight is 270 g/mol. The molecule has 1 saturated heterocycles. The van der Waals surface area contributed by atoms with Crippen LogP contribution in [0.25, 0.3) is 0 Å². The average Bonchev–Trinajstić information content (AvgIpc) is 2.74. The van der Waals surface area contributed by atoms with Crippen molar-refractivity contribution >= 4 is 9.84 Å². The Morgan fingerprint density at radius 2 is 2.00 bits per heavy atom. The highest BCUT2D eigenvalue weighted by atomic mass is 32.2. The number of hydrogen-bond acceptors (Lipinski definition) is 4. The van der Waals surface area contributed by atoms with E-state index < -0.39 is 15.9 Å². The van der Waals surface area contributed by atoms with Gasteiger partial charge in [-0.2, -0.15) is 0 Å². The second-order valence-corrected chi connectivity index (χ2v) is 7.49. The number of nitrogens with zero attached hydrogens (tertiary/aromatic N) is 2. The summed E-state index contributed by atoms with van der Waals surface area (Å²) < 4.78 is 25.2. The summed E-state index contributed by atoms with van der Waals surface area (Å²) in [6.07, 6.45) is 3.38. The highest BCUT2D eigenvalue weighted by molar-refractivity contribution is 7.91. The fourth-order valence-corrected chi connectivity index (χ4v) is 4.97. The van der Waals surface area contributed by atoms with Crippen molar-refractivity contribution in [3.05, 3.63) is 17.2 Å². The summed E-state index contributed by atoms with van der Waals surface area (Å²) in [7, 11) is -3.11. The predicted octanol–water partition coefficient (Wildman–Crippen LogP) is 0.401. The van der Waals surface area contributed by atoms with E-state index in [-0.39, 0.29) is 17.5 Å². The van der Waals surface area contributed by atoms with Gasteiger partial charge in [0.2, 0.25) is 0 Å². The molecule has 2 unspecified atom stereocenters. The van der Waals surface area contributed by atoms with Crippen molar-refractivity contribution < 1.29 is 13.5 Å². The zero-order chi connectivity index (χ0) is 12.9. The van der Waals surface area contributed by atoms with Crippen LogP contribution in [0.2, 0.25) is 0 Å². The molecule has 0 aromatic carbocycles. The summed E-state index contributed by atoms with van der Waals surface area (Å²) in [6, 6.07) is -0.343. The van der Waals surface area contributed by atoms with Gasteiger partial charge in [-0.25, -0.2) is 13.4 Å². The van der Waals surface area contributed by atoms with Crippen LogP contribution < -0.4 is 0 Å².